The number of aromatic nitrogens is 1. The summed E-state index contributed by atoms with van der Waals surface area (Å²) in [5.74, 6) is 1.23. The summed E-state index contributed by atoms with van der Waals surface area (Å²) in [6, 6.07) is 20.3. The average molecular weight is 460 g/mol. The topological polar surface area (TPSA) is 65.9 Å². The van der Waals surface area contributed by atoms with Gasteiger partial charge in [-0.15, -0.1) is 0 Å². The second kappa shape index (κ2) is 11.3. The number of nitrogens with zero attached hydrogens (tertiary/aromatic N) is 3. The molecule has 2 aromatic carbocycles. The van der Waals surface area contributed by atoms with Gasteiger partial charge in [-0.2, -0.15) is 0 Å². The molecule has 3 aromatic rings. The molecule has 1 fully saturated rings. The van der Waals surface area contributed by atoms with Crippen LogP contribution < -0.4 is 4.74 Å². The Balaban J connectivity index is 1.26. The number of ether oxygens (including phenoxy) is 1. The van der Waals surface area contributed by atoms with Crippen molar-refractivity contribution in [3.05, 3.63) is 84.2 Å². The molecule has 1 saturated heterocycles. The van der Waals surface area contributed by atoms with Crippen LogP contribution in [0, 0.1) is 0 Å². The van der Waals surface area contributed by atoms with Gasteiger partial charge in [-0.25, -0.2) is 0 Å². The Hall–Kier alpha value is -3.22. The van der Waals surface area contributed by atoms with Crippen LogP contribution in [-0.4, -0.2) is 72.2 Å². The molecule has 1 N–H and O–H groups in total. The largest absolute Gasteiger partial charge is 0.496 e. The molecular formula is C28H33N3O3. The van der Waals surface area contributed by atoms with Crippen molar-refractivity contribution in [2.75, 3.05) is 40.4 Å². The van der Waals surface area contributed by atoms with Gasteiger partial charge in [0.15, 0.2) is 0 Å². The molecule has 1 aliphatic heterocycles. The third-order valence-electron chi connectivity index (χ3n) is 6.77. The highest BCUT2D eigenvalue weighted by atomic mass is 16.5. The lowest BCUT2D eigenvalue weighted by atomic mass is 9.82. The zero-order chi connectivity index (χ0) is 23.9. The maximum Gasteiger partial charge on any atom is 0.253 e. The minimum absolute atomic E-state index is 0.0243. The van der Waals surface area contributed by atoms with Crippen molar-refractivity contribution in [3.8, 4) is 16.9 Å². The number of amides is 1. The number of likely N-dealkylation sites (tertiary alicyclic amines) is 1. The summed E-state index contributed by atoms with van der Waals surface area (Å²) in [5.41, 5.74) is 4.14. The van der Waals surface area contributed by atoms with Crippen LogP contribution >= 0.6 is 0 Å². The van der Waals surface area contributed by atoms with Crippen molar-refractivity contribution in [1.29, 1.82) is 0 Å². The molecule has 1 amide bonds. The fourth-order valence-electron chi connectivity index (χ4n) is 4.73. The zero-order valence-corrected chi connectivity index (χ0v) is 19.9. The number of rotatable bonds is 10. The predicted octanol–water partition coefficient (Wildman–Crippen LogP) is 4.07. The van der Waals surface area contributed by atoms with E-state index in [1.54, 1.807) is 36.5 Å². The molecule has 4 rings (SSSR count). The number of methoxy groups -OCH3 is 1. The number of pyridine rings is 1. The average Bonchev–Trinajstić information content (AvgIpc) is 2.88. The van der Waals surface area contributed by atoms with Crippen molar-refractivity contribution in [1.82, 2.24) is 14.8 Å². The van der Waals surface area contributed by atoms with Crippen molar-refractivity contribution in [3.63, 3.8) is 0 Å². The quantitative estimate of drug-likeness (QED) is 0.463. The molecule has 1 aromatic heterocycles. The van der Waals surface area contributed by atoms with E-state index >= 15 is 0 Å². The Labute approximate surface area is 201 Å². The highest BCUT2D eigenvalue weighted by Gasteiger charge is 2.38. The van der Waals surface area contributed by atoms with E-state index in [-0.39, 0.29) is 18.6 Å². The lowest BCUT2D eigenvalue weighted by Gasteiger charge is -2.48. The summed E-state index contributed by atoms with van der Waals surface area (Å²) in [6.07, 6.45) is 5.20. The number of carbonyl (C=O) groups is 1. The van der Waals surface area contributed by atoms with Crippen molar-refractivity contribution >= 4 is 5.91 Å². The minimum atomic E-state index is 0.0243. The number of unbranched alkanes of at least 4 members (excludes halogenated alkanes) is 1. The molecule has 0 bridgehead atoms. The summed E-state index contributed by atoms with van der Waals surface area (Å²) in [6.45, 7) is 2.75. The van der Waals surface area contributed by atoms with Gasteiger partial charge >= 0.3 is 0 Å². The smallest absolute Gasteiger partial charge is 0.253 e. The second-order valence-corrected chi connectivity index (χ2v) is 8.84. The first kappa shape index (κ1) is 23.9. The highest BCUT2D eigenvalue weighted by molar-refractivity contribution is 5.93. The maximum atomic E-state index is 12.4. The SMILES string of the molecule is COc1ccccc1-c1ccc([C@@H]2CN(CCCCN(C)C(=O)c3ccncc3)[C@@H]2CO)cc1. The van der Waals surface area contributed by atoms with E-state index in [9.17, 15) is 9.90 Å². The summed E-state index contributed by atoms with van der Waals surface area (Å²) in [4.78, 5) is 20.5. The van der Waals surface area contributed by atoms with Crippen molar-refractivity contribution in [2.45, 2.75) is 24.8 Å². The molecule has 0 spiro atoms. The number of aliphatic hydroxyl groups is 1. The number of hydrogen-bond acceptors (Lipinski definition) is 5. The minimum Gasteiger partial charge on any atom is -0.496 e. The number of aliphatic hydroxyl groups excluding tert-OH is 1. The second-order valence-electron chi connectivity index (χ2n) is 8.84. The predicted molar refractivity (Wildman–Crippen MR) is 134 cm³/mol. The van der Waals surface area contributed by atoms with E-state index in [0.29, 0.717) is 18.0 Å². The fraction of sp³-hybridized carbons (Fsp3) is 0.357. The van der Waals surface area contributed by atoms with E-state index in [1.807, 2.05) is 25.2 Å². The maximum absolute atomic E-state index is 12.4. The molecule has 1 aliphatic rings. The summed E-state index contributed by atoms with van der Waals surface area (Å²) in [7, 11) is 3.53. The van der Waals surface area contributed by atoms with Gasteiger partial charge in [0, 0.05) is 55.6 Å². The lowest BCUT2D eigenvalue weighted by Crippen LogP contribution is -2.56. The van der Waals surface area contributed by atoms with Crippen LogP contribution in [0.15, 0.2) is 73.1 Å². The molecule has 2 atom stereocenters. The summed E-state index contributed by atoms with van der Waals surface area (Å²) in [5, 5.41) is 10.0. The summed E-state index contributed by atoms with van der Waals surface area (Å²) >= 11 is 0. The third-order valence-corrected chi connectivity index (χ3v) is 6.77. The molecule has 178 valence electrons. The normalized spacial score (nSPS) is 17.7. The highest BCUT2D eigenvalue weighted by Crippen LogP contribution is 2.36. The Bertz CT molecular complexity index is 1070. The Kier molecular flexibility index (Phi) is 7.93. The standard InChI is InChI=1S/C28H33N3O3/c1-30(28(33)23-13-15-29-16-14-23)17-5-6-18-31-19-25(26(31)20-32)22-11-9-21(10-12-22)24-7-3-4-8-27(24)34-2/h3-4,7-16,25-26,32H,5-6,17-20H2,1-2H3/t25-,26+/m0/s1. The number of carbonyl (C=O) groups excluding carboxylic acids is 1. The molecule has 0 saturated carbocycles. The van der Waals surface area contributed by atoms with Gasteiger partial charge in [0.05, 0.1) is 13.7 Å². The first-order valence-electron chi connectivity index (χ1n) is 11.9. The Morgan fingerprint density at radius 3 is 2.53 bits per heavy atom. The van der Waals surface area contributed by atoms with E-state index in [4.69, 9.17) is 4.74 Å². The van der Waals surface area contributed by atoms with E-state index < -0.39 is 0 Å². The van der Waals surface area contributed by atoms with Gasteiger partial charge in [-0.05, 0) is 48.7 Å². The van der Waals surface area contributed by atoms with Gasteiger partial charge in [-0.3, -0.25) is 14.7 Å². The zero-order valence-electron chi connectivity index (χ0n) is 19.9. The van der Waals surface area contributed by atoms with E-state index in [0.717, 1.165) is 42.8 Å². The van der Waals surface area contributed by atoms with Crippen LogP contribution in [0.3, 0.4) is 0 Å². The lowest BCUT2D eigenvalue weighted by molar-refractivity contribution is 0.0157. The summed E-state index contributed by atoms with van der Waals surface area (Å²) < 4.78 is 5.49. The fourth-order valence-corrected chi connectivity index (χ4v) is 4.73. The van der Waals surface area contributed by atoms with Gasteiger partial charge in [-0.1, -0.05) is 42.5 Å². The van der Waals surface area contributed by atoms with Crippen LogP contribution in [-0.2, 0) is 0 Å². The molecule has 34 heavy (non-hydrogen) atoms. The van der Waals surface area contributed by atoms with Gasteiger partial charge in [0.25, 0.3) is 5.91 Å². The molecular weight excluding hydrogens is 426 g/mol. The van der Waals surface area contributed by atoms with E-state index in [2.05, 4.69) is 40.2 Å². The van der Waals surface area contributed by atoms with Gasteiger partial charge in [0.1, 0.15) is 5.75 Å². The Morgan fingerprint density at radius 1 is 1.09 bits per heavy atom. The monoisotopic (exact) mass is 459 g/mol. The van der Waals surface area contributed by atoms with Gasteiger partial charge < -0.3 is 14.7 Å². The molecule has 0 radical (unpaired) electrons. The van der Waals surface area contributed by atoms with E-state index in [1.165, 1.54) is 5.56 Å². The molecule has 2 heterocycles. The first-order valence-corrected chi connectivity index (χ1v) is 11.9. The van der Waals surface area contributed by atoms with Crippen molar-refractivity contribution in [2.24, 2.45) is 0 Å². The number of hydrogen-bond donors (Lipinski definition) is 1. The molecule has 0 unspecified atom stereocenters. The van der Waals surface area contributed by atoms with Crippen molar-refractivity contribution < 1.29 is 14.6 Å². The number of para-hydroxylation sites is 1. The Morgan fingerprint density at radius 2 is 1.82 bits per heavy atom. The van der Waals surface area contributed by atoms with Crippen LogP contribution in [0.2, 0.25) is 0 Å². The van der Waals surface area contributed by atoms with Gasteiger partial charge in [0.2, 0.25) is 0 Å². The number of benzene rings is 2. The van der Waals surface area contributed by atoms with Crippen LogP contribution in [0.25, 0.3) is 11.1 Å². The van der Waals surface area contributed by atoms with Crippen LogP contribution in [0.4, 0.5) is 0 Å². The van der Waals surface area contributed by atoms with Crippen LogP contribution in [0.1, 0.15) is 34.7 Å². The molecule has 6 nitrogen and oxygen atoms in total. The first-order chi connectivity index (χ1) is 16.6. The third kappa shape index (κ3) is 5.29. The van der Waals surface area contributed by atoms with Crippen LogP contribution in [0.5, 0.6) is 5.75 Å². The molecule has 0 aliphatic carbocycles. The molecule has 6 heteroatoms.